The van der Waals surface area contributed by atoms with E-state index in [2.05, 4.69) is 53.3 Å². The van der Waals surface area contributed by atoms with Gasteiger partial charge in [-0.05, 0) is 43.5 Å². The number of hydrogen-bond acceptors (Lipinski definition) is 3. The van der Waals surface area contributed by atoms with E-state index in [0.717, 1.165) is 18.1 Å². The number of likely N-dealkylation sites (tertiary alicyclic amines) is 1. The molecule has 1 aliphatic rings. The van der Waals surface area contributed by atoms with Crippen LogP contribution in [-0.2, 0) is 0 Å². The number of nitrogens with zero attached hydrogens (tertiary/aromatic N) is 2. The largest absolute Gasteiger partial charge is 0.340 e. The third kappa shape index (κ3) is 3.47. The molecule has 3 rings (SSSR count). The molecule has 1 aromatic heterocycles. The first kappa shape index (κ1) is 15.0. The maximum atomic E-state index is 4.59. The lowest BCUT2D eigenvalue weighted by molar-refractivity contribution is 0.229. The van der Waals surface area contributed by atoms with Gasteiger partial charge in [-0.25, -0.2) is 4.98 Å². The van der Waals surface area contributed by atoms with E-state index in [4.69, 9.17) is 0 Å². The van der Waals surface area contributed by atoms with Gasteiger partial charge in [0.05, 0.1) is 0 Å². The first-order valence-electron chi connectivity index (χ1n) is 8.25. The average molecular weight is 295 g/mol. The molecular formula is C19H25N3. The minimum absolute atomic E-state index is 0.488. The van der Waals surface area contributed by atoms with E-state index in [-0.39, 0.29) is 0 Å². The number of pyridine rings is 1. The highest BCUT2D eigenvalue weighted by Gasteiger charge is 2.28. The molecule has 1 N–H and O–H groups in total. The molecule has 2 aromatic rings. The number of para-hydroxylation sites is 1. The minimum Gasteiger partial charge on any atom is -0.340 e. The van der Waals surface area contributed by atoms with Crippen molar-refractivity contribution >= 4 is 11.5 Å². The van der Waals surface area contributed by atoms with Gasteiger partial charge in [-0.15, -0.1) is 0 Å². The third-order valence-corrected chi connectivity index (χ3v) is 4.20. The molecule has 1 aliphatic heterocycles. The molecule has 0 aliphatic carbocycles. The van der Waals surface area contributed by atoms with Gasteiger partial charge in [0.15, 0.2) is 0 Å². The van der Waals surface area contributed by atoms with Crippen LogP contribution in [0.5, 0.6) is 0 Å². The zero-order valence-electron chi connectivity index (χ0n) is 13.5. The second-order valence-corrected chi connectivity index (χ2v) is 6.48. The molecule has 1 atom stereocenters. The molecule has 3 heteroatoms. The third-order valence-electron chi connectivity index (χ3n) is 4.20. The molecule has 116 valence electrons. The van der Waals surface area contributed by atoms with Crippen LogP contribution in [0.2, 0.25) is 0 Å². The zero-order valence-corrected chi connectivity index (χ0v) is 13.5. The van der Waals surface area contributed by atoms with Crippen molar-refractivity contribution in [1.82, 2.24) is 9.88 Å². The normalized spacial score (nSPS) is 18.8. The first-order valence-corrected chi connectivity index (χ1v) is 8.25. The monoisotopic (exact) mass is 295 g/mol. The van der Waals surface area contributed by atoms with E-state index >= 15 is 0 Å². The van der Waals surface area contributed by atoms with E-state index in [1.165, 1.54) is 24.9 Å². The quantitative estimate of drug-likeness (QED) is 0.872. The summed E-state index contributed by atoms with van der Waals surface area (Å²) >= 11 is 0. The summed E-state index contributed by atoms with van der Waals surface area (Å²) in [6, 6.07) is 15.1. The fourth-order valence-electron chi connectivity index (χ4n) is 3.32. The van der Waals surface area contributed by atoms with Crippen LogP contribution >= 0.6 is 0 Å². The summed E-state index contributed by atoms with van der Waals surface area (Å²) in [5, 5.41) is 3.49. The molecule has 1 saturated heterocycles. The topological polar surface area (TPSA) is 28.2 Å². The highest BCUT2D eigenvalue weighted by molar-refractivity contribution is 5.59. The van der Waals surface area contributed by atoms with Gasteiger partial charge in [0.2, 0.25) is 0 Å². The number of benzene rings is 1. The van der Waals surface area contributed by atoms with Gasteiger partial charge in [0, 0.05) is 30.0 Å². The molecule has 0 saturated carbocycles. The zero-order chi connectivity index (χ0) is 15.4. The summed E-state index contributed by atoms with van der Waals surface area (Å²) in [7, 11) is 0. The summed E-state index contributed by atoms with van der Waals surface area (Å²) in [6.07, 6.45) is 4.37. The predicted octanol–water partition coefficient (Wildman–Crippen LogP) is 4.62. The lowest BCUT2D eigenvalue weighted by atomic mass is 10.0. The summed E-state index contributed by atoms with van der Waals surface area (Å²) in [5.74, 6) is 1.69. The molecule has 0 amide bonds. The highest BCUT2D eigenvalue weighted by atomic mass is 15.2. The molecule has 1 aromatic carbocycles. The second-order valence-electron chi connectivity index (χ2n) is 6.48. The van der Waals surface area contributed by atoms with Crippen LogP contribution < -0.4 is 5.32 Å². The smallest absolute Gasteiger partial charge is 0.135 e. The van der Waals surface area contributed by atoms with Crippen molar-refractivity contribution in [3.63, 3.8) is 0 Å². The molecule has 2 heterocycles. The van der Waals surface area contributed by atoms with Crippen LogP contribution in [0.4, 0.5) is 11.5 Å². The minimum atomic E-state index is 0.488. The summed E-state index contributed by atoms with van der Waals surface area (Å²) in [4.78, 5) is 7.20. The van der Waals surface area contributed by atoms with Crippen molar-refractivity contribution in [3.8, 4) is 0 Å². The Hall–Kier alpha value is -1.87. The van der Waals surface area contributed by atoms with Crippen molar-refractivity contribution in [1.29, 1.82) is 0 Å². The lowest BCUT2D eigenvalue weighted by Gasteiger charge is -2.27. The number of rotatable bonds is 5. The summed E-state index contributed by atoms with van der Waals surface area (Å²) < 4.78 is 0. The molecule has 0 unspecified atom stereocenters. The Morgan fingerprint density at radius 2 is 2.00 bits per heavy atom. The number of anilines is 2. The standard InChI is InChI=1S/C19H25N3/c1-15(2)14-22-13-7-11-18(22)17-10-6-12-20-19(17)21-16-8-4-3-5-9-16/h3-6,8-10,12,15,18H,7,11,13-14H2,1-2H3,(H,20,21)/t18-/m1/s1. The van der Waals surface area contributed by atoms with Crippen LogP contribution in [0.25, 0.3) is 0 Å². The molecular weight excluding hydrogens is 270 g/mol. The molecule has 0 radical (unpaired) electrons. The predicted molar refractivity (Wildman–Crippen MR) is 92.3 cm³/mol. The van der Waals surface area contributed by atoms with Crippen LogP contribution in [-0.4, -0.2) is 23.0 Å². The van der Waals surface area contributed by atoms with Crippen LogP contribution in [0.1, 0.15) is 38.3 Å². The van der Waals surface area contributed by atoms with E-state index in [1.54, 1.807) is 0 Å². The van der Waals surface area contributed by atoms with Crippen molar-refractivity contribution in [2.45, 2.75) is 32.7 Å². The Morgan fingerprint density at radius 3 is 2.77 bits per heavy atom. The van der Waals surface area contributed by atoms with E-state index < -0.39 is 0 Å². The van der Waals surface area contributed by atoms with Gasteiger partial charge >= 0.3 is 0 Å². The molecule has 1 fully saturated rings. The Labute approximate surface area is 133 Å². The molecule has 22 heavy (non-hydrogen) atoms. The number of aromatic nitrogens is 1. The maximum Gasteiger partial charge on any atom is 0.135 e. The van der Waals surface area contributed by atoms with Gasteiger partial charge in [-0.1, -0.05) is 38.1 Å². The average Bonchev–Trinajstić information content (AvgIpc) is 2.96. The number of nitrogens with one attached hydrogen (secondary N) is 1. The Balaban J connectivity index is 1.84. The fraction of sp³-hybridized carbons (Fsp3) is 0.421. The Morgan fingerprint density at radius 1 is 1.18 bits per heavy atom. The van der Waals surface area contributed by atoms with Gasteiger partial charge in [-0.2, -0.15) is 0 Å². The molecule has 0 bridgehead atoms. The molecule has 3 nitrogen and oxygen atoms in total. The SMILES string of the molecule is CC(C)CN1CCC[C@@H]1c1cccnc1Nc1ccccc1. The van der Waals surface area contributed by atoms with Crippen molar-refractivity contribution in [2.75, 3.05) is 18.4 Å². The van der Waals surface area contributed by atoms with Gasteiger partial charge < -0.3 is 5.32 Å². The first-order chi connectivity index (χ1) is 10.7. The lowest BCUT2D eigenvalue weighted by Crippen LogP contribution is -2.27. The van der Waals surface area contributed by atoms with Crippen molar-refractivity contribution in [2.24, 2.45) is 5.92 Å². The van der Waals surface area contributed by atoms with Crippen LogP contribution in [0.15, 0.2) is 48.7 Å². The number of hydrogen-bond donors (Lipinski definition) is 1. The van der Waals surface area contributed by atoms with Crippen LogP contribution in [0.3, 0.4) is 0 Å². The van der Waals surface area contributed by atoms with Gasteiger partial charge in [0.1, 0.15) is 5.82 Å². The van der Waals surface area contributed by atoms with Gasteiger partial charge in [0.25, 0.3) is 0 Å². The highest BCUT2D eigenvalue weighted by Crippen LogP contribution is 2.36. The maximum absolute atomic E-state index is 4.59. The fourth-order valence-corrected chi connectivity index (χ4v) is 3.32. The Kier molecular flexibility index (Phi) is 4.74. The summed E-state index contributed by atoms with van der Waals surface area (Å²) in [6.45, 7) is 6.94. The van der Waals surface area contributed by atoms with E-state index in [1.807, 2.05) is 24.4 Å². The van der Waals surface area contributed by atoms with Crippen molar-refractivity contribution < 1.29 is 0 Å². The second kappa shape index (κ2) is 6.93. The Bertz CT molecular complexity index is 595. The van der Waals surface area contributed by atoms with Gasteiger partial charge in [-0.3, -0.25) is 4.90 Å². The van der Waals surface area contributed by atoms with E-state index in [0.29, 0.717) is 12.0 Å². The summed E-state index contributed by atoms with van der Waals surface area (Å²) in [5.41, 5.74) is 2.42. The van der Waals surface area contributed by atoms with Crippen molar-refractivity contribution in [3.05, 3.63) is 54.2 Å². The van der Waals surface area contributed by atoms with E-state index in [9.17, 15) is 0 Å². The van der Waals surface area contributed by atoms with Crippen LogP contribution in [0, 0.1) is 5.92 Å². The molecule has 0 spiro atoms.